The summed E-state index contributed by atoms with van der Waals surface area (Å²) in [4.78, 5) is 11.4. The number of rotatable bonds is 7. The predicted octanol–water partition coefficient (Wildman–Crippen LogP) is 5.85. The van der Waals surface area contributed by atoms with Gasteiger partial charge in [-0.3, -0.25) is 4.79 Å². The van der Waals surface area contributed by atoms with Crippen molar-refractivity contribution in [3.05, 3.63) is 58.7 Å². The Kier molecular flexibility index (Phi) is 6.47. The normalized spacial score (nSPS) is 11.4. The summed E-state index contributed by atoms with van der Waals surface area (Å²) in [6, 6.07) is 12.4. The first-order chi connectivity index (χ1) is 12.3. The second kappa shape index (κ2) is 8.39. The van der Waals surface area contributed by atoms with Crippen molar-refractivity contribution < 1.29 is 9.90 Å². The zero-order chi connectivity index (χ0) is 19.3. The van der Waals surface area contributed by atoms with Gasteiger partial charge in [0.1, 0.15) is 5.75 Å². The highest BCUT2D eigenvalue weighted by Gasteiger charge is 2.33. The van der Waals surface area contributed by atoms with Gasteiger partial charge in [-0.05, 0) is 61.1 Å². The highest BCUT2D eigenvalue weighted by molar-refractivity contribution is 5.89. The Morgan fingerprint density at radius 3 is 1.96 bits per heavy atom. The monoisotopic (exact) mass is 353 g/mol. The van der Waals surface area contributed by atoms with Crippen molar-refractivity contribution in [2.75, 3.05) is 5.32 Å². The van der Waals surface area contributed by atoms with Crippen molar-refractivity contribution in [1.82, 2.24) is 0 Å². The van der Waals surface area contributed by atoms with Crippen LogP contribution in [0.25, 0.3) is 0 Å². The van der Waals surface area contributed by atoms with Crippen LogP contribution < -0.4 is 5.32 Å². The number of benzene rings is 2. The molecular formula is C23H31NO2. The number of carbonyl (C=O) groups excluding carboxylic acids is 1. The van der Waals surface area contributed by atoms with Gasteiger partial charge in [0.15, 0.2) is 0 Å². The molecule has 0 spiro atoms. The van der Waals surface area contributed by atoms with E-state index in [9.17, 15) is 9.90 Å². The number of hydrogen-bond donors (Lipinski definition) is 2. The van der Waals surface area contributed by atoms with Gasteiger partial charge < -0.3 is 10.4 Å². The molecule has 1 amide bonds. The van der Waals surface area contributed by atoms with Crippen LogP contribution in [0.1, 0.15) is 68.7 Å². The van der Waals surface area contributed by atoms with Crippen molar-refractivity contribution in [1.29, 1.82) is 0 Å². The Hall–Kier alpha value is -2.29. The molecule has 3 nitrogen and oxygen atoms in total. The van der Waals surface area contributed by atoms with E-state index in [4.69, 9.17) is 0 Å². The van der Waals surface area contributed by atoms with Crippen LogP contribution in [0.3, 0.4) is 0 Å². The molecule has 0 unspecified atom stereocenters. The summed E-state index contributed by atoms with van der Waals surface area (Å²) in [6.45, 7) is 9.96. The molecule has 2 aromatic carbocycles. The smallest absolute Gasteiger partial charge is 0.221 e. The van der Waals surface area contributed by atoms with E-state index in [-0.39, 0.29) is 11.3 Å². The quantitative estimate of drug-likeness (QED) is 0.655. The molecule has 0 fully saturated rings. The lowest BCUT2D eigenvalue weighted by atomic mass is 9.68. The highest BCUT2D eigenvalue weighted by atomic mass is 16.3. The number of aryl methyl sites for hydroxylation is 2. The van der Waals surface area contributed by atoms with Gasteiger partial charge in [0.05, 0.1) is 0 Å². The Morgan fingerprint density at radius 1 is 0.962 bits per heavy atom. The molecule has 0 radical (unpaired) electrons. The van der Waals surface area contributed by atoms with Crippen LogP contribution in [-0.2, 0) is 10.2 Å². The fourth-order valence-corrected chi connectivity index (χ4v) is 3.97. The van der Waals surface area contributed by atoms with Gasteiger partial charge >= 0.3 is 0 Å². The molecule has 2 rings (SSSR count). The topological polar surface area (TPSA) is 49.3 Å². The lowest BCUT2D eigenvalue weighted by Crippen LogP contribution is -2.28. The fourth-order valence-electron chi connectivity index (χ4n) is 3.97. The van der Waals surface area contributed by atoms with Gasteiger partial charge in [0.2, 0.25) is 5.91 Å². The average Bonchev–Trinajstić information content (AvgIpc) is 2.58. The Balaban J connectivity index is 2.61. The molecule has 0 saturated carbocycles. The minimum absolute atomic E-state index is 0.0524. The zero-order valence-corrected chi connectivity index (χ0v) is 16.6. The molecule has 0 bridgehead atoms. The Morgan fingerprint density at radius 2 is 1.50 bits per heavy atom. The highest BCUT2D eigenvalue weighted by Crippen LogP contribution is 2.43. The average molecular weight is 354 g/mol. The SMILES string of the molecule is CCCC(CCC)(c1ccc(O)c(C)c1)c1ccc(NC(C)=O)c(C)c1. The molecule has 0 heterocycles. The summed E-state index contributed by atoms with van der Waals surface area (Å²) >= 11 is 0. The summed E-state index contributed by atoms with van der Waals surface area (Å²) in [5, 5.41) is 12.9. The molecule has 0 aliphatic rings. The van der Waals surface area contributed by atoms with Crippen molar-refractivity contribution in [3.8, 4) is 5.75 Å². The molecule has 2 N–H and O–H groups in total. The molecule has 0 aliphatic heterocycles. The molecule has 2 aromatic rings. The Labute approximate surface area is 157 Å². The fraction of sp³-hybridized carbons (Fsp3) is 0.435. The van der Waals surface area contributed by atoms with E-state index < -0.39 is 0 Å². The molecule has 3 heteroatoms. The summed E-state index contributed by atoms with van der Waals surface area (Å²) < 4.78 is 0. The van der Waals surface area contributed by atoms with Crippen LogP contribution in [-0.4, -0.2) is 11.0 Å². The minimum atomic E-state index is -0.0819. The number of carbonyl (C=O) groups is 1. The lowest BCUT2D eigenvalue weighted by molar-refractivity contribution is -0.114. The summed E-state index contributed by atoms with van der Waals surface area (Å²) in [7, 11) is 0. The number of amides is 1. The van der Waals surface area contributed by atoms with Crippen LogP contribution in [0.5, 0.6) is 5.75 Å². The largest absolute Gasteiger partial charge is 0.508 e. The molecule has 0 saturated heterocycles. The van der Waals surface area contributed by atoms with E-state index >= 15 is 0 Å². The molecule has 0 atom stereocenters. The molecule has 0 aromatic heterocycles. The predicted molar refractivity (Wildman–Crippen MR) is 109 cm³/mol. The summed E-state index contributed by atoms with van der Waals surface area (Å²) in [5.74, 6) is 0.288. The summed E-state index contributed by atoms with van der Waals surface area (Å²) in [5.41, 5.74) is 5.29. The van der Waals surface area contributed by atoms with Crippen molar-refractivity contribution >= 4 is 11.6 Å². The maximum absolute atomic E-state index is 11.4. The molecular weight excluding hydrogens is 322 g/mol. The number of nitrogens with one attached hydrogen (secondary N) is 1. The number of hydrogen-bond acceptors (Lipinski definition) is 2. The first kappa shape index (κ1) is 20.0. The number of aromatic hydroxyl groups is 1. The maximum atomic E-state index is 11.4. The third kappa shape index (κ3) is 4.09. The van der Waals surface area contributed by atoms with Crippen LogP contribution in [0.15, 0.2) is 36.4 Å². The Bertz CT molecular complexity index is 774. The zero-order valence-electron chi connectivity index (χ0n) is 16.6. The van der Waals surface area contributed by atoms with Gasteiger partial charge in [-0.2, -0.15) is 0 Å². The van der Waals surface area contributed by atoms with Crippen LogP contribution in [0.4, 0.5) is 5.69 Å². The van der Waals surface area contributed by atoms with E-state index in [1.165, 1.54) is 18.1 Å². The second-order valence-electron chi connectivity index (χ2n) is 7.29. The van der Waals surface area contributed by atoms with Crippen molar-refractivity contribution in [2.24, 2.45) is 0 Å². The number of phenols is 1. The maximum Gasteiger partial charge on any atom is 0.221 e. The van der Waals surface area contributed by atoms with Gasteiger partial charge in [0.25, 0.3) is 0 Å². The van der Waals surface area contributed by atoms with E-state index in [0.29, 0.717) is 5.75 Å². The molecule has 0 aliphatic carbocycles. The third-order valence-corrected chi connectivity index (χ3v) is 5.19. The first-order valence-corrected chi connectivity index (χ1v) is 9.53. The van der Waals surface area contributed by atoms with Crippen LogP contribution >= 0.6 is 0 Å². The van der Waals surface area contributed by atoms with Crippen molar-refractivity contribution in [3.63, 3.8) is 0 Å². The van der Waals surface area contributed by atoms with E-state index in [0.717, 1.165) is 42.5 Å². The van der Waals surface area contributed by atoms with Crippen LogP contribution in [0.2, 0.25) is 0 Å². The molecule has 140 valence electrons. The van der Waals surface area contributed by atoms with Gasteiger partial charge in [-0.15, -0.1) is 0 Å². The van der Waals surface area contributed by atoms with E-state index in [1.54, 1.807) is 0 Å². The van der Waals surface area contributed by atoms with Crippen LogP contribution in [0, 0.1) is 13.8 Å². The second-order valence-corrected chi connectivity index (χ2v) is 7.29. The third-order valence-electron chi connectivity index (χ3n) is 5.19. The number of anilines is 1. The van der Waals surface area contributed by atoms with Crippen molar-refractivity contribution in [2.45, 2.75) is 65.7 Å². The van der Waals surface area contributed by atoms with Gasteiger partial charge in [0, 0.05) is 18.0 Å². The van der Waals surface area contributed by atoms with E-state index in [1.807, 2.05) is 26.0 Å². The van der Waals surface area contributed by atoms with E-state index in [2.05, 4.69) is 43.4 Å². The molecule has 26 heavy (non-hydrogen) atoms. The number of phenolic OH excluding ortho intramolecular Hbond substituents is 1. The van der Waals surface area contributed by atoms with Gasteiger partial charge in [-0.25, -0.2) is 0 Å². The summed E-state index contributed by atoms with van der Waals surface area (Å²) in [6.07, 6.45) is 4.24. The minimum Gasteiger partial charge on any atom is -0.508 e. The first-order valence-electron chi connectivity index (χ1n) is 9.53. The van der Waals surface area contributed by atoms with Gasteiger partial charge in [-0.1, -0.05) is 51.0 Å². The standard InChI is InChI=1S/C23H31NO2/c1-6-12-23(13-7-2,20-9-11-22(26)17(4)15-20)19-8-10-21(16(3)14-19)24-18(5)25/h8-11,14-15,26H,6-7,12-13H2,1-5H3,(H,24,25). The lowest BCUT2D eigenvalue weighted by Gasteiger charge is -2.36.